The van der Waals surface area contributed by atoms with Gasteiger partial charge in [-0.15, -0.1) is 0 Å². The third kappa shape index (κ3) is 1.58. The molecule has 78 valence electrons. The first-order chi connectivity index (χ1) is 7.16. The molecule has 0 spiro atoms. The van der Waals surface area contributed by atoms with E-state index in [-0.39, 0.29) is 12.4 Å². The molecule has 0 fully saturated rings. The molecule has 0 saturated carbocycles. The molecule has 0 aromatic heterocycles. The van der Waals surface area contributed by atoms with Gasteiger partial charge in [-0.2, -0.15) is 0 Å². The molecule has 0 aliphatic carbocycles. The van der Waals surface area contributed by atoms with Gasteiger partial charge in [0.05, 0.1) is 13.5 Å². The van der Waals surface area contributed by atoms with Crippen LogP contribution in [0.3, 0.4) is 0 Å². The van der Waals surface area contributed by atoms with Crippen molar-refractivity contribution in [2.45, 2.75) is 18.9 Å². The van der Waals surface area contributed by atoms with Crippen molar-refractivity contribution >= 4 is 30.2 Å². The molecule has 15 heavy (non-hydrogen) atoms. The topological polar surface area (TPSA) is 75.7 Å². The van der Waals surface area contributed by atoms with Crippen molar-refractivity contribution in [3.63, 3.8) is 0 Å². The predicted molar refractivity (Wildman–Crippen MR) is 56.9 cm³/mol. The number of carbonyl (C=O) groups is 1. The van der Waals surface area contributed by atoms with E-state index >= 15 is 0 Å². The minimum Gasteiger partial charge on any atom is -0.469 e. The molecule has 0 N–H and O–H groups in total. The molecule has 0 bridgehead atoms. The molecule has 6 heteroatoms. The zero-order valence-corrected chi connectivity index (χ0v) is 8.47. The number of rotatable bonds is 2. The van der Waals surface area contributed by atoms with Gasteiger partial charge in [-0.1, -0.05) is 0 Å². The first-order valence-electron chi connectivity index (χ1n) is 4.45. The van der Waals surface area contributed by atoms with Gasteiger partial charge in [-0.25, -0.2) is 15.0 Å². The first kappa shape index (κ1) is 9.70. The molecule has 2 rings (SSSR count). The molecule has 1 unspecified atom stereocenters. The predicted octanol–water partition coefficient (Wildman–Crippen LogP) is 0.231. The maximum atomic E-state index is 11.2. The Labute approximate surface area is 86.5 Å². The number of hydrogen-bond donors (Lipinski definition) is 0. The van der Waals surface area contributed by atoms with Crippen molar-refractivity contribution < 1.29 is 9.53 Å². The summed E-state index contributed by atoms with van der Waals surface area (Å²) in [6.07, 6.45) is 3.07. The summed E-state index contributed by atoms with van der Waals surface area (Å²) in [7, 11) is 1.34. The van der Waals surface area contributed by atoms with Gasteiger partial charge in [0.15, 0.2) is 11.4 Å². The highest BCUT2D eigenvalue weighted by atomic mass is 16.5. The lowest BCUT2D eigenvalue weighted by atomic mass is 9.95. The average Bonchev–Trinajstić information content (AvgIpc) is 2.61. The second-order valence-corrected chi connectivity index (χ2v) is 3.29. The monoisotopic (exact) mass is 206 g/mol. The van der Waals surface area contributed by atoms with Crippen molar-refractivity contribution in [1.29, 1.82) is 0 Å². The zero-order chi connectivity index (χ0) is 10.9. The standard InChI is InChI=1S/C9H10N4O2/c1-6-10-4-9(3-7(14)15-2)8(13-6)11-5-12-9/h4-5H,3H2,1-2H3. The molecular formula is C9H10N4O2. The second kappa shape index (κ2) is 3.38. The Balaban J connectivity index is 2.29. The van der Waals surface area contributed by atoms with Crippen LogP contribution in [-0.2, 0) is 9.53 Å². The van der Waals surface area contributed by atoms with Gasteiger partial charge in [0, 0.05) is 6.21 Å². The molecule has 0 aromatic rings. The van der Waals surface area contributed by atoms with Crippen molar-refractivity contribution in [3.8, 4) is 0 Å². The average molecular weight is 206 g/mol. The Morgan fingerprint density at radius 1 is 1.60 bits per heavy atom. The maximum Gasteiger partial charge on any atom is 0.308 e. The van der Waals surface area contributed by atoms with Crippen molar-refractivity contribution in [2.24, 2.45) is 20.0 Å². The fraction of sp³-hybridized carbons (Fsp3) is 0.444. The van der Waals surface area contributed by atoms with Crippen LogP contribution in [0.4, 0.5) is 0 Å². The Bertz CT molecular complexity index is 422. The van der Waals surface area contributed by atoms with Gasteiger partial charge in [0.25, 0.3) is 0 Å². The number of fused-ring (bicyclic) bond motifs is 1. The smallest absolute Gasteiger partial charge is 0.308 e. The van der Waals surface area contributed by atoms with Gasteiger partial charge in [0.2, 0.25) is 0 Å². The third-order valence-corrected chi connectivity index (χ3v) is 2.23. The van der Waals surface area contributed by atoms with Crippen LogP contribution in [-0.4, -0.2) is 42.8 Å². The van der Waals surface area contributed by atoms with Crippen molar-refractivity contribution in [2.75, 3.05) is 7.11 Å². The van der Waals surface area contributed by atoms with Crippen LogP contribution in [0.2, 0.25) is 0 Å². The van der Waals surface area contributed by atoms with E-state index in [1.807, 2.05) is 0 Å². The fourth-order valence-corrected chi connectivity index (χ4v) is 1.42. The minimum atomic E-state index is -0.841. The summed E-state index contributed by atoms with van der Waals surface area (Å²) in [5, 5.41) is 0. The van der Waals surface area contributed by atoms with Gasteiger partial charge in [-0.3, -0.25) is 9.79 Å². The SMILES string of the molecule is COC(=O)CC12C=NC(C)=NC1=NC=N2. The van der Waals surface area contributed by atoms with E-state index < -0.39 is 5.54 Å². The molecule has 0 amide bonds. The number of hydrogen-bond acceptors (Lipinski definition) is 6. The van der Waals surface area contributed by atoms with E-state index in [2.05, 4.69) is 24.7 Å². The van der Waals surface area contributed by atoms with E-state index in [0.717, 1.165) is 0 Å². The van der Waals surface area contributed by atoms with Gasteiger partial charge in [0.1, 0.15) is 12.2 Å². The van der Waals surface area contributed by atoms with Gasteiger partial charge in [-0.05, 0) is 6.92 Å². The van der Waals surface area contributed by atoms with E-state index in [1.54, 1.807) is 13.1 Å². The molecule has 0 aromatic carbocycles. The summed E-state index contributed by atoms with van der Waals surface area (Å²) in [6.45, 7) is 1.76. The highest BCUT2D eigenvalue weighted by Gasteiger charge is 2.41. The summed E-state index contributed by atoms with van der Waals surface area (Å²) in [5.41, 5.74) is -0.841. The Hall–Kier alpha value is -1.85. The highest BCUT2D eigenvalue weighted by Crippen LogP contribution is 2.24. The number of methoxy groups -OCH3 is 1. The lowest BCUT2D eigenvalue weighted by Crippen LogP contribution is -2.40. The molecule has 2 aliphatic rings. The van der Waals surface area contributed by atoms with E-state index in [1.165, 1.54) is 13.4 Å². The van der Waals surface area contributed by atoms with Crippen LogP contribution in [0, 0.1) is 0 Å². The number of ether oxygens (including phenoxy) is 1. The van der Waals surface area contributed by atoms with E-state index in [0.29, 0.717) is 11.7 Å². The molecule has 2 heterocycles. The van der Waals surface area contributed by atoms with Crippen molar-refractivity contribution in [3.05, 3.63) is 0 Å². The number of aliphatic imine (C=N–C) groups is 4. The summed E-state index contributed by atoms with van der Waals surface area (Å²) < 4.78 is 4.60. The highest BCUT2D eigenvalue weighted by molar-refractivity contribution is 6.21. The molecule has 2 aliphatic heterocycles. The van der Waals surface area contributed by atoms with Crippen LogP contribution in [0.25, 0.3) is 0 Å². The molecule has 6 nitrogen and oxygen atoms in total. The van der Waals surface area contributed by atoms with Crippen LogP contribution in [0.1, 0.15) is 13.3 Å². The van der Waals surface area contributed by atoms with Crippen LogP contribution >= 0.6 is 0 Å². The normalized spacial score (nSPS) is 27.1. The Morgan fingerprint density at radius 3 is 3.13 bits per heavy atom. The number of nitrogens with zero attached hydrogens (tertiary/aromatic N) is 4. The molecular weight excluding hydrogens is 196 g/mol. The molecule has 0 saturated heterocycles. The Morgan fingerprint density at radius 2 is 2.40 bits per heavy atom. The van der Waals surface area contributed by atoms with Crippen LogP contribution in [0.15, 0.2) is 20.0 Å². The number of amidine groups is 2. The van der Waals surface area contributed by atoms with E-state index in [4.69, 9.17) is 0 Å². The zero-order valence-electron chi connectivity index (χ0n) is 8.47. The fourth-order valence-electron chi connectivity index (χ4n) is 1.42. The number of esters is 1. The van der Waals surface area contributed by atoms with E-state index in [9.17, 15) is 4.79 Å². The number of carbonyl (C=O) groups excluding carboxylic acids is 1. The summed E-state index contributed by atoms with van der Waals surface area (Å²) in [6, 6.07) is 0. The van der Waals surface area contributed by atoms with Crippen molar-refractivity contribution in [1.82, 2.24) is 0 Å². The maximum absolute atomic E-state index is 11.2. The third-order valence-electron chi connectivity index (χ3n) is 2.23. The summed E-state index contributed by atoms with van der Waals surface area (Å²) >= 11 is 0. The minimum absolute atomic E-state index is 0.0825. The largest absolute Gasteiger partial charge is 0.469 e. The lowest BCUT2D eigenvalue weighted by Gasteiger charge is -2.22. The van der Waals surface area contributed by atoms with Crippen LogP contribution in [0.5, 0.6) is 0 Å². The molecule has 0 radical (unpaired) electrons. The summed E-state index contributed by atoms with van der Waals surface area (Å²) in [4.78, 5) is 27.6. The summed E-state index contributed by atoms with van der Waals surface area (Å²) in [5.74, 6) is 0.753. The van der Waals surface area contributed by atoms with Gasteiger partial charge < -0.3 is 4.74 Å². The Kier molecular flexibility index (Phi) is 2.18. The van der Waals surface area contributed by atoms with Crippen LogP contribution < -0.4 is 0 Å². The lowest BCUT2D eigenvalue weighted by molar-refractivity contribution is -0.140. The second-order valence-electron chi connectivity index (χ2n) is 3.29. The first-order valence-corrected chi connectivity index (χ1v) is 4.45. The van der Waals surface area contributed by atoms with Gasteiger partial charge >= 0.3 is 5.97 Å². The molecule has 1 atom stereocenters. The quantitative estimate of drug-likeness (QED) is 0.606.